The number of hydrogen-bond donors (Lipinski definition) is 2. The van der Waals surface area contributed by atoms with Crippen LogP contribution >= 0.6 is 27.7 Å². The van der Waals surface area contributed by atoms with Crippen LogP contribution in [0.1, 0.15) is 61.3 Å². The average molecular weight is 534 g/mol. The molecule has 0 aromatic carbocycles. The summed E-state index contributed by atoms with van der Waals surface area (Å²) in [6, 6.07) is -1.28. The van der Waals surface area contributed by atoms with Crippen molar-refractivity contribution in [3.05, 3.63) is 0 Å². The van der Waals surface area contributed by atoms with Crippen molar-refractivity contribution in [2.45, 2.75) is 93.8 Å². The zero-order valence-electron chi connectivity index (χ0n) is 20.1. The van der Waals surface area contributed by atoms with Gasteiger partial charge in [0, 0.05) is 15.6 Å². The third-order valence-corrected chi connectivity index (χ3v) is 9.93. The van der Waals surface area contributed by atoms with Crippen molar-refractivity contribution in [1.29, 1.82) is 0 Å². The lowest BCUT2D eigenvalue weighted by Crippen LogP contribution is -2.60. The van der Waals surface area contributed by atoms with Gasteiger partial charge < -0.3 is 20.1 Å². The fourth-order valence-electron chi connectivity index (χ4n) is 6.21. The Morgan fingerprint density at radius 1 is 1.34 bits per heavy atom. The van der Waals surface area contributed by atoms with Crippen LogP contribution in [0.5, 0.6) is 0 Å². The van der Waals surface area contributed by atoms with Crippen molar-refractivity contribution >= 4 is 45.5 Å². The average Bonchev–Trinajstić information content (AvgIpc) is 3.22. The number of nitrogens with one attached hydrogen (secondary N) is 1. The summed E-state index contributed by atoms with van der Waals surface area (Å²) < 4.78 is 4.62. The summed E-state index contributed by atoms with van der Waals surface area (Å²) in [6.45, 7) is 13.9. The summed E-state index contributed by atoms with van der Waals surface area (Å²) in [4.78, 5) is 42.0. The number of thioether (sulfide) groups is 1. The van der Waals surface area contributed by atoms with Crippen LogP contribution in [-0.2, 0) is 19.1 Å². The normalized spacial score (nSPS) is 35.1. The molecule has 1 spiro atoms. The molecule has 9 heteroatoms. The molecule has 7 atom stereocenters. The molecule has 3 rings (SSSR count). The van der Waals surface area contributed by atoms with Crippen LogP contribution in [0.3, 0.4) is 0 Å². The maximum Gasteiger partial charge on any atom is 0.310 e. The number of alkyl halides is 1. The second kappa shape index (κ2) is 8.77. The third-order valence-electron chi connectivity index (χ3n) is 6.71. The number of esters is 1. The van der Waals surface area contributed by atoms with Crippen molar-refractivity contribution in [2.24, 2.45) is 17.3 Å². The lowest BCUT2D eigenvalue weighted by Gasteiger charge is -2.40. The Balaban J connectivity index is 2.01. The minimum atomic E-state index is -0.754. The highest BCUT2D eigenvalue weighted by Gasteiger charge is 2.76. The number of nitrogens with zero attached hydrogens (tertiary/aromatic N) is 1. The molecule has 0 saturated carbocycles. The molecule has 0 aliphatic carbocycles. The van der Waals surface area contributed by atoms with E-state index in [1.807, 2.05) is 13.8 Å². The molecule has 7 nitrogen and oxygen atoms in total. The molecule has 32 heavy (non-hydrogen) atoms. The standard InChI is InChI=1S/C23H37BrN2O5S/c1-8-31-20(30)14-15-19(29)26(12(2)10-27)17(23(15)9-13(24)16(14)32-23)18(28)25-22(6,7)11-21(3,4)5/h12-17,27H,8-11H2,1-7H3,(H,25,28)/t12-,13?,14-,15+,16-,17?,23?/m1/s1. The number of aliphatic hydroxyl groups is 1. The number of hydrogen-bond acceptors (Lipinski definition) is 6. The Labute approximate surface area is 203 Å². The summed E-state index contributed by atoms with van der Waals surface area (Å²) in [6.07, 6.45) is 1.38. The number of fused-ring (bicyclic) bond motifs is 1. The Morgan fingerprint density at radius 3 is 2.50 bits per heavy atom. The van der Waals surface area contributed by atoms with E-state index in [0.29, 0.717) is 6.42 Å². The number of likely N-dealkylation sites (tertiary alicyclic amines) is 1. The van der Waals surface area contributed by atoms with E-state index in [9.17, 15) is 19.5 Å². The summed E-state index contributed by atoms with van der Waals surface area (Å²) >= 11 is 5.30. The number of carbonyl (C=O) groups is 3. The zero-order valence-corrected chi connectivity index (χ0v) is 22.5. The first-order chi connectivity index (χ1) is 14.7. The second-order valence-corrected chi connectivity index (χ2v) is 14.0. The van der Waals surface area contributed by atoms with Crippen LogP contribution in [0.4, 0.5) is 0 Å². The molecule has 3 unspecified atom stereocenters. The zero-order chi connectivity index (χ0) is 24.2. The van der Waals surface area contributed by atoms with Crippen molar-refractivity contribution in [3.8, 4) is 0 Å². The van der Waals surface area contributed by atoms with Gasteiger partial charge in [-0.25, -0.2) is 0 Å². The van der Waals surface area contributed by atoms with E-state index < -0.39 is 34.2 Å². The molecule has 3 aliphatic rings. The van der Waals surface area contributed by atoms with E-state index in [4.69, 9.17) is 4.74 Å². The molecule has 182 valence electrons. The SMILES string of the molecule is CCOC(=O)[C@H]1[C@@H]2SC3(CC2Br)C(C(=O)NC(C)(C)CC(C)(C)C)N([C@H](C)CO)C(=O)[C@H]13. The molecule has 2 N–H and O–H groups in total. The van der Waals surface area contributed by atoms with Gasteiger partial charge in [0.2, 0.25) is 11.8 Å². The van der Waals surface area contributed by atoms with E-state index in [0.717, 1.165) is 6.42 Å². The Kier molecular flexibility index (Phi) is 7.07. The van der Waals surface area contributed by atoms with Gasteiger partial charge in [-0.05, 0) is 46.0 Å². The lowest BCUT2D eigenvalue weighted by molar-refractivity contribution is -0.154. The van der Waals surface area contributed by atoms with Crippen LogP contribution in [0, 0.1) is 17.3 Å². The first-order valence-electron chi connectivity index (χ1n) is 11.4. The topological polar surface area (TPSA) is 95.9 Å². The van der Waals surface area contributed by atoms with Gasteiger partial charge in [-0.15, -0.1) is 11.8 Å². The molecule has 3 saturated heterocycles. The molecular weight excluding hydrogens is 496 g/mol. The summed E-state index contributed by atoms with van der Waals surface area (Å²) in [5, 5.41) is 13.0. The number of rotatable bonds is 7. The molecule has 3 heterocycles. The molecule has 2 bridgehead atoms. The van der Waals surface area contributed by atoms with E-state index in [1.165, 1.54) is 4.90 Å². The summed E-state index contributed by atoms with van der Waals surface area (Å²) in [5.41, 5.74) is -0.464. The Hall–Kier alpha value is -0.800. The van der Waals surface area contributed by atoms with E-state index in [2.05, 4.69) is 42.0 Å². The van der Waals surface area contributed by atoms with Crippen molar-refractivity contribution in [1.82, 2.24) is 10.2 Å². The molecule has 0 aromatic heterocycles. The molecular formula is C23H37BrN2O5S. The van der Waals surface area contributed by atoms with Crippen LogP contribution in [0.2, 0.25) is 0 Å². The Bertz CT molecular complexity index is 785. The van der Waals surface area contributed by atoms with Crippen LogP contribution in [-0.4, -0.2) is 73.5 Å². The highest BCUT2D eigenvalue weighted by atomic mass is 79.9. The maximum atomic E-state index is 13.8. The largest absolute Gasteiger partial charge is 0.466 e. The monoisotopic (exact) mass is 532 g/mol. The van der Waals surface area contributed by atoms with Crippen LogP contribution < -0.4 is 5.32 Å². The summed E-state index contributed by atoms with van der Waals surface area (Å²) in [7, 11) is 0. The number of ether oxygens (including phenoxy) is 1. The maximum absolute atomic E-state index is 13.8. The van der Waals surface area contributed by atoms with Gasteiger partial charge >= 0.3 is 5.97 Å². The van der Waals surface area contributed by atoms with Crippen molar-refractivity contribution < 1.29 is 24.2 Å². The number of aliphatic hydroxyl groups excluding tert-OH is 1. The van der Waals surface area contributed by atoms with E-state index in [1.54, 1.807) is 25.6 Å². The quantitative estimate of drug-likeness (QED) is 0.386. The summed E-state index contributed by atoms with van der Waals surface area (Å²) in [5.74, 6) is -2.04. The minimum absolute atomic E-state index is 0.00761. The van der Waals surface area contributed by atoms with Crippen molar-refractivity contribution in [2.75, 3.05) is 13.2 Å². The molecule has 3 fully saturated rings. The van der Waals surface area contributed by atoms with Crippen molar-refractivity contribution in [3.63, 3.8) is 0 Å². The number of carbonyl (C=O) groups excluding carboxylic acids is 3. The van der Waals surface area contributed by atoms with Gasteiger partial charge in [0.15, 0.2) is 0 Å². The molecule has 3 aliphatic heterocycles. The van der Waals surface area contributed by atoms with E-state index in [-0.39, 0.29) is 46.5 Å². The predicted molar refractivity (Wildman–Crippen MR) is 129 cm³/mol. The van der Waals surface area contributed by atoms with Gasteiger partial charge in [0.25, 0.3) is 0 Å². The molecule has 0 aromatic rings. The second-order valence-electron chi connectivity index (χ2n) is 11.3. The predicted octanol–water partition coefficient (Wildman–Crippen LogP) is 2.73. The fourth-order valence-corrected chi connectivity index (χ4v) is 9.80. The van der Waals surface area contributed by atoms with Crippen LogP contribution in [0.25, 0.3) is 0 Å². The highest BCUT2D eigenvalue weighted by molar-refractivity contribution is 9.09. The van der Waals surface area contributed by atoms with E-state index >= 15 is 0 Å². The van der Waals surface area contributed by atoms with Gasteiger partial charge in [-0.2, -0.15) is 0 Å². The Morgan fingerprint density at radius 2 is 1.97 bits per heavy atom. The lowest BCUT2D eigenvalue weighted by atomic mass is 9.71. The fraction of sp³-hybridized carbons (Fsp3) is 0.870. The van der Waals surface area contributed by atoms with Gasteiger partial charge in [0.1, 0.15) is 6.04 Å². The highest BCUT2D eigenvalue weighted by Crippen LogP contribution is 2.68. The first kappa shape index (κ1) is 25.8. The number of amides is 2. The van der Waals surface area contributed by atoms with Crippen LogP contribution in [0.15, 0.2) is 0 Å². The third kappa shape index (κ3) is 4.33. The molecule has 2 amide bonds. The van der Waals surface area contributed by atoms with Gasteiger partial charge in [-0.1, -0.05) is 36.7 Å². The minimum Gasteiger partial charge on any atom is -0.466 e. The molecule has 0 radical (unpaired) electrons. The smallest absolute Gasteiger partial charge is 0.310 e. The van der Waals surface area contributed by atoms with Gasteiger partial charge in [-0.3, -0.25) is 14.4 Å². The van der Waals surface area contributed by atoms with Gasteiger partial charge in [0.05, 0.1) is 35.8 Å². The number of halogens is 1. The first-order valence-corrected chi connectivity index (χ1v) is 13.2.